The van der Waals surface area contributed by atoms with Gasteiger partial charge in [0.05, 0.1) is 18.2 Å². The molecular weight excluding hydrogens is 322 g/mol. The fraction of sp³-hybridized carbons (Fsp3) is 0.167. The number of hydrogen-bond acceptors (Lipinski definition) is 5. The second-order valence-corrected chi connectivity index (χ2v) is 5.37. The van der Waals surface area contributed by atoms with Gasteiger partial charge >= 0.3 is 6.09 Å². The van der Waals surface area contributed by atoms with Gasteiger partial charge in [-0.1, -0.05) is 18.2 Å². The average Bonchev–Trinajstić information content (AvgIpc) is 3.00. The highest BCUT2D eigenvalue weighted by Crippen LogP contribution is 2.15. The lowest BCUT2D eigenvalue weighted by Crippen LogP contribution is -2.43. The second kappa shape index (κ2) is 7.36. The van der Waals surface area contributed by atoms with E-state index in [0.717, 1.165) is 5.01 Å². The SMILES string of the molecule is N#Cc1ccc(OCC2CN(NC(=O)c3ccccc3)C(=O)O2)cc1. The number of nitrogens with one attached hydrogen (secondary N) is 1. The normalized spacial score (nSPS) is 16.0. The molecular formula is C18H15N3O4. The summed E-state index contributed by atoms with van der Waals surface area (Å²) in [6.45, 7) is 0.336. The third-order valence-corrected chi connectivity index (χ3v) is 3.57. The molecule has 1 atom stereocenters. The molecule has 3 rings (SSSR count). The Morgan fingerprint density at radius 1 is 1.24 bits per heavy atom. The van der Waals surface area contributed by atoms with E-state index in [2.05, 4.69) is 5.43 Å². The third-order valence-electron chi connectivity index (χ3n) is 3.57. The van der Waals surface area contributed by atoms with Crippen LogP contribution in [0, 0.1) is 11.3 Å². The van der Waals surface area contributed by atoms with Gasteiger partial charge in [-0.3, -0.25) is 10.2 Å². The summed E-state index contributed by atoms with van der Waals surface area (Å²) in [6, 6.07) is 17.2. The van der Waals surface area contributed by atoms with Gasteiger partial charge in [-0.2, -0.15) is 5.26 Å². The molecule has 0 saturated carbocycles. The maximum absolute atomic E-state index is 12.1. The van der Waals surface area contributed by atoms with E-state index in [-0.39, 0.29) is 19.1 Å². The van der Waals surface area contributed by atoms with Crippen molar-refractivity contribution in [2.45, 2.75) is 6.10 Å². The van der Waals surface area contributed by atoms with E-state index < -0.39 is 12.2 Å². The highest BCUT2D eigenvalue weighted by molar-refractivity contribution is 5.95. The van der Waals surface area contributed by atoms with E-state index in [1.807, 2.05) is 6.07 Å². The van der Waals surface area contributed by atoms with E-state index in [1.165, 1.54) is 0 Å². The Morgan fingerprint density at radius 3 is 2.64 bits per heavy atom. The van der Waals surface area contributed by atoms with Crippen LogP contribution in [0.25, 0.3) is 0 Å². The lowest BCUT2D eigenvalue weighted by molar-refractivity contribution is 0.0823. The number of benzene rings is 2. The zero-order valence-corrected chi connectivity index (χ0v) is 13.2. The molecule has 1 heterocycles. The number of hydrazine groups is 1. The lowest BCUT2D eigenvalue weighted by Gasteiger charge is -2.14. The summed E-state index contributed by atoms with van der Waals surface area (Å²) in [7, 11) is 0. The van der Waals surface area contributed by atoms with Crippen molar-refractivity contribution in [1.82, 2.24) is 10.4 Å². The van der Waals surface area contributed by atoms with Gasteiger partial charge in [-0.25, -0.2) is 9.80 Å². The molecule has 25 heavy (non-hydrogen) atoms. The summed E-state index contributed by atoms with van der Waals surface area (Å²) >= 11 is 0. The first-order valence-electron chi connectivity index (χ1n) is 7.63. The Labute approximate surface area is 144 Å². The topological polar surface area (TPSA) is 91.7 Å². The van der Waals surface area contributed by atoms with Crippen molar-refractivity contribution in [3.05, 3.63) is 65.7 Å². The number of cyclic esters (lactones) is 1. The van der Waals surface area contributed by atoms with E-state index in [4.69, 9.17) is 14.7 Å². The van der Waals surface area contributed by atoms with Crippen LogP contribution in [0.4, 0.5) is 4.79 Å². The Hall–Kier alpha value is -3.53. The monoisotopic (exact) mass is 337 g/mol. The number of nitriles is 1. The first kappa shape index (κ1) is 16.3. The van der Waals surface area contributed by atoms with Crippen LogP contribution in [0.2, 0.25) is 0 Å². The predicted octanol–water partition coefficient (Wildman–Crippen LogP) is 2.10. The first-order valence-corrected chi connectivity index (χ1v) is 7.63. The molecule has 0 spiro atoms. The molecule has 1 aliphatic rings. The van der Waals surface area contributed by atoms with Crippen molar-refractivity contribution in [2.75, 3.05) is 13.2 Å². The maximum atomic E-state index is 12.1. The Morgan fingerprint density at radius 2 is 1.96 bits per heavy atom. The second-order valence-electron chi connectivity index (χ2n) is 5.37. The molecule has 2 aromatic rings. The molecule has 1 N–H and O–H groups in total. The quantitative estimate of drug-likeness (QED) is 0.902. The van der Waals surface area contributed by atoms with Crippen molar-refractivity contribution in [3.63, 3.8) is 0 Å². The molecule has 7 heteroatoms. The molecule has 7 nitrogen and oxygen atoms in total. The molecule has 2 amide bonds. The van der Waals surface area contributed by atoms with Crippen molar-refractivity contribution in [1.29, 1.82) is 5.26 Å². The van der Waals surface area contributed by atoms with Crippen LogP contribution in [0.1, 0.15) is 15.9 Å². The van der Waals surface area contributed by atoms with Crippen molar-refractivity contribution in [2.24, 2.45) is 0 Å². The van der Waals surface area contributed by atoms with Crippen molar-refractivity contribution in [3.8, 4) is 11.8 Å². The van der Waals surface area contributed by atoms with Crippen LogP contribution in [0.3, 0.4) is 0 Å². The number of nitrogens with zero attached hydrogens (tertiary/aromatic N) is 2. The summed E-state index contributed by atoms with van der Waals surface area (Å²) in [5, 5.41) is 9.88. The summed E-state index contributed by atoms with van der Waals surface area (Å²) in [5.41, 5.74) is 3.50. The Kier molecular flexibility index (Phi) is 4.81. The number of ether oxygens (including phenoxy) is 2. The van der Waals surface area contributed by atoms with Gasteiger partial charge in [0, 0.05) is 5.56 Å². The lowest BCUT2D eigenvalue weighted by atomic mass is 10.2. The average molecular weight is 337 g/mol. The number of rotatable bonds is 5. The molecule has 1 saturated heterocycles. The molecule has 0 aliphatic carbocycles. The minimum absolute atomic E-state index is 0.148. The maximum Gasteiger partial charge on any atom is 0.429 e. The van der Waals surface area contributed by atoms with Crippen LogP contribution in [-0.4, -0.2) is 36.3 Å². The molecule has 1 fully saturated rings. The van der Waals surface area contributed by atoms with Crippen LogP contribution in [-0.2, 0) is 4.74 Å². The molecule has 0 radical (unpaired) electrons. The minimum Gasteiger partial charge on any atom is -0.490 e. The van der Waals surface area contributed by atoms with Gasteiger partial charge in [0.2, 0.25) is 0 Å². The highest BCUT2D eigenvalue weighted by atomic mass is 16.6. The summed E-state index contributed by atoms with van der Waals surface area (Å²) < 4.78 is 10.7. The van der Waals surface area contributed by atoms with Gasteiger partial charge in [-0.05, 0) is 36.4 Å². The highest BCUT2D eigenvalue weighted by Gasteiger charge is 2.33. The zero-order valence-electron chi connectivity index (χ0n) is 13.2. The molecule has 0 bridgehead atoms. The molecule has 1 aliphatic heterocycles. The van der Waals surface area contributed by atoms with Crippen LogP contribution in [0.5, 0.6) is 5.75 Å². The number of hydrogen-bond donors (Lipinski definition) is 1. The summed E-state index contributed by atoms with van der Waals surface area (Å²) in [5.74, 6) is 0.188. The van der Waals surface area contributed by atoms with Gasteiger partial charge in [0.25, 0.3) is 5.91 Å². The molecule has 1 unspecified atom stereocenters. The van der Waals surface area contributed by atoms with Crippen LogP contribution in [0.15, 0.2) is 54.6 Å². The number of carbonyl (C=O) groups excluding carboxylic acids is 2. The summed E-state index contributed by atoms with van der Waals surface area (Å²) in [4.78, 5) is 23.9. The van der Waals surface area contributed by atoms with Gasteiger partial charge < -0.3 is 9.47 Å². The van der Waals surface area contributed by atoms with Crippen molar-refractivity contribution < 1.29 is 19.1 Å². The fourth-order valence-electron chi connectivity index (χ4n) is 2.29. The standard InChI is InChI=1S/C18H15N3O4/c19-10-13-6-8-15(9-7-13)24-12-16-11-21(18(23)25-16)20-17(22)14-4-2-1-3-5-14/h1-9,16H,11-12H2,(H,20,22). The van der Waals surface area contributed by atoms with Gasteiger partial charge in [0.15, 0.2) is 6.10 Å². The van der Waals surface area contributed by atoms with Crippen LogP contribution < -0.4 is 10.2 Å². The minimum atomic E-state index is -0.627. The van der Waals surface area contributed by atoms with Crippen molar-refractivity contribution >= 4 is 12.0 Å². The van der Waals surface area contributed by atoms with E-state index in [0.29, 0.717) is 16.9 Å². The van der Waals surface area contributed by atoms with Crippen LogP contribution >= 0.6 is 0 Å². The number of amides is 2. The zero-order chi connectivity index (χ0) is 17.6. The van der Waals surface area contributed by atoms with Gasteiger partial charge in [-0.15, -0.1) is 0 Å². The third kappa shape index (κ3) is 4.06. The van der Waals surface area contributed by atoms with Gasteiger partial charge in [0.1, 0.15) is 12.4 Å². The van der Waals surface area contributed by atoms with E-state index in [9.17, 15) is 9.59 Å². The van der Waals surface area contributed by atoms with E-state index in [1.54, 1.807) is 54.6 Å². The smallest absolute Gasteiger partial charge is 0.429 e. The first-order chi connectivity index (χ1) is 12.2. The van der Waals surface area contributed by atoms with E-state index >= 15 is 0 Å². The number of carbonyl (C=O) groups is 2. The summed E-state index contributed by atoms with van der Waals surface area (Å²) in [6.07, 6.45) is -1.13. The molecule has 2 aromatic carbocycles. The molecule has 126 valence electrons. The molecule has 0 aromatic heterocycles. The predicted molar refractivity (Wildman–Crippen MR) is 87.5 cm³/mol. The Balaban J connectivity index is 1.52. The largest absolute Gasteiger partial charge is 0.490 e. The fourth-order valence-corrected chi connectivity index (χ4v) is 2.29. The Bertz CT molecular complexity index is 799.